The van der Waals surface area contributed by atoms with Crippen molar-refractivity contribution in [3.8, 4) is 0 Å². The van der Waals surface area contributed by atoms with Crippen LogP contribution in [0.3, 0.4) is 0 Å². The number of halogens is 1. The maximum atomic E-state index is 11.5. The Kier molecular flexibility index (Phi) is 2.87. The highest BCUT2D eigenvalue weighted by Crippen LogP contribution is 2.09. The van der Waals surface area contributed by atoms with E-state index in [4.69, 9.17) is 16.3 Å². The summed E-state index contributed by atoms with van der Waals surface area (Å²) in [5, 5.41) is 4.43. The van der Waals surface area contributed by atoms with Gasteiger partial charge in [0.2, 0.25) is 0 Å². The number of hydrogen-bond acceptors (Lipinski definition) is 4. The highest BCUT2D eigenvalue weighted by Gasteiger charge is 2.12. The number of esters is 1. The number of fused-ring (bicyclic) bond motifs is 1. The van der Waals surface area contributed by atoms with Crippen molar-refractivity contribution < 1.29 is 9.53 Å². The molecule has 0 saturated heterocycles. The number of carbonyl (C=O) groups is 1. The third kappa shape index (κ3) is 2.04. The lowest BCUT2D eigenvalue weighted by atomic mass is 10.4. The third-order valence-corrected chi connectivity index (χ3v) is 2.02. The molecule has 2 heterocycles. The molecule has 0 aliphatic carbocycles. The van der Waals surface area contributed by atoms with Gasteiger partial charge in [-0.1, -0.05) is 24.3 Å². The van der Waals surface area contributed by atoms with E-state index in [1.807, 2.05) is 0 Å². The zero-order valence-corrected chi connectivity index (χ0v) is 9.02. The predicted molar refractivity (Wildman–Crippen MR) is 58.5 cm³/mol. The van der Waals surface area contributed by atoms with Crippen LogP contribution in [0.4, 0.5) is 0 Å². The number of nitrogens with zero attached hydrogens (tertiary/aromatic N) is 3. The molecular formula is C10H8ClN3O2. The average Bonchev–Trinajstić information content (AvgIpc) is 2.68. The van der Waals surface area contributed by atoms with Crippen molar-refractivity contribution >= 4 is 23.2 Å². The van der Waals surface area contributed by atoms with Crippen molar-refractivity contribution in [2.45, 2.75) is 0 Å². The number of aromatic nitrogens is 3. The van der Waals surface area contributed by atoms with Crippen LogP contribution in [0.15, 0.2) is 31.1 Å². The van der Waals surface area contributed by atoms with Gasteiger partial charge in [0, 0.05) is 12.3 Å². The van der Waals surface area contributed by atoms with Crippen molar-refractivity contribution in [3.05, 3.63) is 41.8 Å². The summed E-state index contributed by atoms with van der Waals surface area (Å²) < 4.78 is 6.27. The first-order chi connectivity index (χ1) is 7.70. The Morgan fingerprint density at radius 3 is 3.25 bits per heavy atom. The minimum atomic E-state index is -0.512. The van der Waals surface area contributed by atoms with E-state index in [-0.39, 0.29) is 12.3 Å². The highest BCUT2D eigenvalue weighted by atomic mass is 35.5. The molecule has 16 heavy (non-hydrogen) atoms. The second-order valence-electron chi connectivity index (χ2n) is 2.99. The van der Waals surface area contributed by atoms with Crippen molar-refractivity contribution in [1.82, 2.24) is 14.6 Å². The molecule has 0 aromatic carbocycles. The molecule has 0 amide bonds. The lowest BCUT2D eigenvalue weighted by Crippen LogP contribution is -2.05. The van der Waals surface area contributed by atoms with Gasteiger partial charge in [0.15, 0.2) is 11.3 Å². The van der Waals surface area contributed by atoms with Crippen LogP contribution < -0.4 is 0 Å². The van der Waals surface area contributed by atoms with E-state index >= 15 is 0 Å². The highest BCUT2D eigenvalue weighted by molar-refractivity contribution is 6.30. The molecule has 0 saturated carbocycles. The average molecular weight is 238 g/mol. The minimum absolute atomic E-state index is 0.154. The SMILES string of the molecule is C=CCOC(=O)c1cc2ncc(Cl)cn2n1. The quantitative estimate of drug-likeness (QED) is 0.603. The molecule has 0 N–H and O–H groups in total. The van der Waals surface area contributed by atoms with E-state index in [1.165, 1.54) is 22.9 Å². The number of carbonyl (C=O) groups excluding carboxylic acids is 1. The van der Waals surface area contributed by atoms with Gasteiger partial charge >= 0.3 is 5.97 Å². The van der Waals surface area contributed by atoms with Crippen LogP contribution in [0.5, 0.6) is 0 Å². The summed E-state index contributed by atoms with van der Waals surface area (Å²) >= 11 is 5.74. The van der Waals surface area contributed by atoms with Crippen molar-refractivity contribution in [1.29, 1.82) is 0 Å². The Bertz CT molecular complexity index is 550. The molecule has 82 valence electrons. The summed E-state index contributed by atoms with van der Waals surface area (Å²) in [6, 6.07) is 1.53. The maximum Gasteiger partial charge on any atom is 0.359 e. The molecule has 2 aromatic heterocycles. The van der Waals surface area contributed by atoms with Crippen LogP contribution >= 0.6 is 11.6 Å². The topological polar surface area (TPSA) is 56.5 Å². The fourth-order valence-electron chi connectivity index (χ4n) is 1.16. The van der Waals surface area contributed by atoms with E-state index in [2.05, 4.69) is 16.7 Å². The third-order valence-electron chi connectivity index (χ3n) is 1.82. The summed E-state index contributed by atoms with van der Waals surface area (Å²) in [5.74, 6) is -0.512. The van der Waals surface area contributed by atoms with E-state index < -0.39 is 5.97 Å². The van der Waals surface area contributed by atoms with Crippen molar-refractivity contribution in [2.24, 2.45) is 0 Å². The van der Waals surface area contributed by atoms with Gasteiger partial charge in [-0.05, 0) is 0 Å². The normalized spacial score (nSPS) is 10.3. The van der Waals surface area contributed by atoms with E-state index in [0.29, 0.717) is 10.7 Å². The molecule has 0 atom stereocenters. The Morgan fingerprint density at radius 1 is 1.69 bits per heavy atom. The van der Waals surface area contributed by atoms with Gasteiger partial charge in [-0.2, -0.15) is 5.10 Å². The summed E-state index contributed by atoms with van der Waals surface area (Å²) in [6.45, 7) is 3.60. The molecule has 6 heteroatoms. The zero-order valence-electron chi connectivity index (χ0n) is 8.26. The number of hydrogen-bond donors (Lipinski definition) is 0. The summed E-state index contributed by atoms with van der Waals surface area (Å²) in [7, 11) is 0. The molecule has 0 bridgehead atoms. The van der Waals surface area contributed by atoms with Crippen LogP contribution in [0.2, 0.25) is 5.02 Å². The fraction of sp³-hybridized carbons (Fsp3) is 0.100. The van der Waals surface area contributed by atoms with Gasteiger partial charge < -0.3 is 4.74 Å². The van der Waals surface area contributed by atoms with E-state index in [9.17, 15) is 4.79 Å². The van der Waals surface area contributed by atoms with Crippen LogP contribution in [0, 0.1) is 0 Å². The summed E-state index contributed by atoms with van der Waals surface area (Å²) in [4.78, 5) is 15.5. The Hall–Kier alpha value is -1.88. The molecule has 0 aliphatic heterocycles. The van der Waals surface area contributed by atoms with Gasteiger partial charge in [-0.25, -0.2) is 14.3 Å². The zero-order chi connectivity index (χ0) is 11.5. The standard InChI is InChI=1S/C10H8ClN3O2/c1-2-3-16-10(15)8-4-9-12-5-7(11)6-14(9)13-8/h2,4-6H,1,3H2. The van der Waals surface area contributed by atoms with Crippen LogP contribution in [0.25, 0.3) is 5.65 Å². The van der Waals surface area contributed by atoms with E-state index in [1.54, 1.807) is 6.20 Å². The fourth-order valence-corrected chi connectivity index (χ4v) is 1.30. The second-order valence-corrected chi connectivity index (χ2v) is 3.43. The molecule has 2 aromatic rings. The van der Waals surface area contributed by atoms with E-state index in [0.717, 1.165) is 0 Å². The molecule has 0 aliphatic rings. The molecule has 5 nitrogen and oxygen atoms in total. The smallest absolute Gasteiger partial charge is 0.359 e. The van der Waals surface area contributed by atoms with Gasteiger partial charge in [0.25, 0.3) is 0 Å². The predicted octanol–water partition coefficient (Wildman–Crippen LogP) is 1.73. The van der Waals surface area contributed by atoms with Gasteiger partial charge in [-0.3, -0.25) is 0 Å². The van der Waals surface area contributed by atoms with Crippen molar-refractivity contribution in [3.63, 3.8) is 0 Å². The molecule has 0 fully saturated rings. The molecule has 2 rings (SSSR count). The monoisotopic (exact) mass is 237 g/mol. The molecular weight excluding hydrogens is 230 g/mol. The van der Waals surface area contributed by atoms with Gasteiger partial charge in [0.05, 0.1) is 11.2 Å². The maximum absolute atomic E-state index is 11.5. The van der Waals surface area contributed by atoms with Gasteiger partial charge in [-0.15, -0.1) is 0 Å². The van der Waals surface area contributed by atoms with Gasteiger partial charge in [0.1, 0.15) is 6.61 Å². The Balaban J connectivity index is 2.32. The first-order valence-corrected chi connectivity index (χ1v) is 4.87. The number of ether oxygens (including phenoxy) is 1. The Morgan fingerprint density at radius 2 is 2.50 bits per heavy atom. The Labute approximate surface area is 96.3 Å². The summed E-state index contributed by atoms with van der Waals surface area (Å²) in [6.07, 6.45) is 4.54. The first-order valence-electron chi connectivity index (χ1n) is 4.49. The first kappa shape index (κ1) is 10.6. The molecule has 0 unspecified atom stereocenters. The molecule has 0 spiro atoms. The van der Waals surface area contributed by atoms with Crippen LogP contribution in [0.1, 0.15) is 10.5 Å². The lowest BCUT2D eigenvalue weighted by Gasteiger charge is -1.96. The minimum Gasteiger partial charge on any atom is -0.457 e. The van der Waals surface area contributed by atoms with Crippen molar-refractivity contribution in [2.75, 3.05) is 6.61 Å². The second kappa shape index (κ2) is 4.32. The van der Waals surface area contributed by atoms with Crippen LogP contribution in [-0.4, -0.2) is 27.2 Å². The molecule has 0 radical (unpaired) electrons. The van der Waals surface area contributed by atoms with Crippen LogP contribution in [-0.2, 0) is 4.74 Å². The number of rotatable bonds is 3. The summed E-state index contributed by atoms with van der Waals surface area (Å²) in [5.41, 5.74) is 0.728. The lowest BCUT2D eigenvalue weighted by molar-refractivity contribution is 0.0542. The largest absolute Gasteiger partial charge is 0.457 e.